The van der Waals surface area contributed by atoms with Gasteiger partial charge in [-0.05, 0) is 62.7 Å². The monoisotopic (exact) mass is 251 g/mol. The number of rotatable bonds is 0. The maximum Gasteiger partial charge on any atom is 0.0125 e. The van der Waals surface area contributed by atoms with Gasteiger partial charge in [0.15, 0.2) is 0 Å². The third-order valence-corrected chi connectivity index (χ3v) is 6.23. The van der Waals surface area contributed by atoms with Gasteiger partial charge >= 0.3 is 0 Å². The predicted molar refractivity (Wildman–Crippen MR) is 79.8 cm³/mol. The lowest BCUT2D eigenvalue weighted by Crippen LogP contribution is -2.64. The molecule has 1 aliphatic carbocycles. The van der Waals surface area contributed by atoms with Crippen molar-refractivity contribution in [2.45, 2.75) is 79.7 Å². The van der Waals surface area contributed by atoms with Crippen LogP contribution in [0.25, 0.3) is 0 Å². The molecule has 1 nitrogen and oxygen atoms in total. The zero-order chi connectivity index (χ0) is 13.8. The summed E-state index contributed by atoms with van der Waals surface area (Å²) in [6, 6.07) is 0. The van der Waals surface area contributed by atoms with Gasteiger partial charge in [0.2, 0.25) is 0 Å². The third-order valence-electron chi connectivity index (χ3n) is 6.23. The summed E-state index contributed by atoms with van der Waals surface area (Å²) in [5.74, 6) is 0. The summed E-state index contributed by atoms with van der Waals surface area (Å²) < 4.78 is 0. The smallest absolute Gasteiger partial charge is 0.0125 e. The fourth-order valence-electron chi connectivity index (χ4n) is 3.64. The highest BCUT2D eigenvalue weighted by atomic mass is 15.3. The van der Waals surface area contributed by atoms with Crippen LogP contribution in [0.4, 0.5) is 0 Å². The van der Waals surface area contributed by atoms with E-state index >= 15 is 0 Å². The molecule has 0 bridgehead atoms. The van der Waals surface area contributed by atoms with Crippen molar-refractivity contribution < 1.29 is 0 Å². The molecule has 1 aliphatic heterocycles. The van der Waals surface area contributed by atoms with Crippen LogP contribution in [0, 0.1) is 16.2 Å². The van der Waals surface area contributed by atoms with Crippen LogP contribution in [0.2, 0.25) is 0 Å². The average Bonchev–Trinajstić information content (AvgIpc) is 2.12. The molecule has 106 valence electrons. The normalized spacial score (nSPS) is 28.2. The molecule has 0 radical (unpaired) electrons. The summed E-state index contributed by atoms with van der Waals surface area (Å²) in [6.07, 6.45) is 5.75. The lowest BCUT2D eigenvalue weighted by atomic mass is 9.54. The van der Waals surface area contributed by atoms with Crippen molar-refractivity contribution in [1.29, 1.82) is 0 Å². The summed E-state index contributed by atoms with van der Waals surface area (Å²) in [6.45, 7) is 19.5. The molecule has 1 saturated heterocycles. The molecule has 0 amide bonds. The second-order valence-corrected chi connectivity index (χ2v) is 9.34. The van der Waals surface area contributed by atoms with Crippen molar-refractivity contribution in [3.8, 4) is 0 Å². The number of nitrogens with zero attached hydrogens (tertiary/aromatic N) is 1. The van der Waals surface area contributed by atoms with Gasteiger partial charge in [-0.15, -0.1) is 0 Å². The van der Waals surface area contributed by atoms with E-state index in [1.165, 1.54) is 38.8 Å². The second-order valence-electron chi connectivity index (χ2n) is 9.34. The van der Waals surface area contributed by atoms with Crippen molar-refractivity contribution in [3.63, 3.8) is 0 Å². The molecule has 2 aliphatic rings. The molecule has 1 spiro atoms. The lowest BCUT2D eigenvalue weighted by Gasteiger charge is -2.61. The minimum Gasteiger partial charge on any atom is -0.297 e. The average molecular weight is 251 g/mol. The molecule has 1 heteroatoms. The van der Waals surface area contributed by atoms with E-state index in [1.807, 2.05) is 0 Å². The molecule has 0 aromatic heterocycles. The molecular formula is C17H33N. The molecule has 0 N–H and O–H groups in total. The molecule has 1 heterocycles. The molecule has 2 fully saturated rings. The standard InChI is InChI=1S/C17H33N/c1-14(2,3)16(7)8-10-17(11-9-16)12-18(13-17)15(4,5)6/h8-13H2,1-7H3. The summed E-state index contributed by atoms with van der Waals surface area (Å²) in [5.41, 5.74) is 2.07. The summed E-state index contributed by atoms with van der Waals surface area (Å²) in [4.78, 5) is 2.66. The number of likely N-dealkylation sites (tertiary alicyclic amines) is 1. The van der Waals surface area contributed by atoms with Gasteiger partial charge in [0, 0.05) is 18.6 Å². The summed E-state index contributed by atoms with van der Waals surface area (Å²) in [7, 11) is 0. The second kappa shape index (κ2) is 3.98. The molecule has 0 atom stereocenters. The van der Waals surface area contributed by atoms with Gasteiger partial charge in [-0.25, -0.2) is 0 Å². The van der Waals surface area contributed by atoms with Crippen LogP contribution < -0.4 is 0 Å². The Morgan fingerprint density at radius 3 is 1.56 bits per heavy atom. The fraction of sp³-hybridized carbons (Fsp3) is 1.00. The maximum atomic E-state index is 2.66. The van der Waals surface area contributed by atoms with Gasteiger partial charge in [0.1, 0.15) is 0 Å². The predicted octanol–water partition coefficient (Wildman–Crippen LogP) is 4.71. The fourth-order valence-corrected chi connectivity index (χ4v) is 3.64. The Balaban J connectivity index is 1.94. The Hall–Kier alpha value is -0.0400. The van der Waals surface area contributed by atoms with Gasteiger partial charge in [0.05, 0.1) is 0 Å². The molecule has 1 saturated carbocycles. The highest BCUT2D eigenvalue weighted by Gasteiger charge is 2.52. The Bertz CT molecular complexity index is 299. The third kappa shape index (κ3) is 2.35. The minimum atomic E-state index is 0.371. The first-order chi connectivity index (χ1) is 7.98. The zero-order valence-electron chi connectivity index (χ0n) is 13.7. The SMILES string of the molecule is CC(C)(C)N1CC2(CCC(C)(C(C)(C)C)CC2)C1. The van der Waals surface area contributed by atoms with Gasteiger partial charge in [0.25, 0.3) is 0 Å². The largest absolute Gasteiger partial charge is 0.297 e. The van der Waals surface area contributed by atoms with Crippen LogP contribution in [0.15, 0.2) is 0 Å². The molecule has 0 aromatic rings. The summed E-state index contributed by atoms with van der Waals surface area (Å²) >= 11 is 0. The quantitative estimate of drug-likeness (QED) is 0.602. The van der Waals surface area contributed by atoms with Crippen LogP contribution in [0.3, 0.4) is 0 Å². The first kappa shape index (κ1) is 14.4. The van der Waals surface area contributed by atoms with E-state index in [0.29, 0.717) is 21.8 Å². The van der Waals surface area contributed by atoms with Crippen molar-refractivity contribution in [3.05, 3.63) is 0 Å². The van der Waals surface area contributed by atoms with Crippen LogP contribution in [0.5, 0.6) is 0 Å². The highest BCUT2D eigenvalue weighted by molar-refractivity contribution is 5.04. The van der Waals surface area contributed by atoms with E-state index in [9.17, 15) is 0 Å². The van der Waals surface area contributed by atoms with Crippen molar-refractivity contribution in [1.82, 2.24) is 4.90 Å². The van der Waals surface area contributed by atoms with Crippen molar-refractivity contribution >= 4 is 0 Å². The minimum absolute atomic E-state index is 0.371. The van der Waals surface area contributed by atoms with E-state index in [0.717, 1.165) is 0 Å². The first-order valence-corrected chi connectivity index (χ1v) is 7.73. The van der Waals surface area contributed by atoms with E-state index in [2.05, 4.69) is 53.4 Å². The molecule has 0 unspecified atom stereocenters. The van der Waals surface area contributed by atoms with Crippen LogP contribution >= 0.6 is 0 Å². The van der Waals surface area contributed by atoms with E-state index in [-0.39, 0.29) is 0 Å². The van der Waals surface area contributed by atoms with Crippen molar-refractivity contribution in [2.75, 3.05) is 13.1 Å². The lowest BCUT2D eigenvalue weighted by molar-refractivity contribution is -0.110. The van der Waals surface area contributed by atoms with E-state index in [4.69, 9.17) is 0 Å². The van der Waals surface area contributed by atoms with Crippen molar-refractivity contribution in [2.24, 2.45) is 16.2 Å². The Kier molecular flexibility index (Phi) is 3.17. The van der Waals surface area contributed by atoms with E-state index in [1.54, 1.807) is 0 Å². The first-order valence-electron chi connectivity index (χ1n) is 7.73. The number of hydrogen-bond acceptors (Lipinski definition) is 1. The Morgan fingerprint density at radius 1 is 0.778 bits per heavy atom. The topological polar surface area (TPSA) is 3.24 Å². The zero-order valence-corrected chi connectivity index (χ0v) is 13.7. The number of hydrogen-bond donors (Lipinski definition) is 0. The molecule has 0 aromatic carbocycles. The summed E-state index contributed by atoms with van der Waals surface area (Å²) in [5, 5.41) is 0. The highest BCUT2D eigenvalue weighted by Crippen LogP contribution is 2.56. The Morgan fingerprint density at radius 2 is 1.22 bits per heavy atom. The molecular weight excluding hydrogens is 218 g/mol. The van der Waals surface area contributed by atoms with Gasteiger partial charge in [-0.1, -0.05) is 27.7 Å². The molecule has 18 heavy (non-hydrogen) atoms. The van der Waals surface area contributed by atoms with Crippen LogP contribution in [-0.2, 0) is 0 Å². The maximum absolute atomic E-state index is 2.66. The van der Waals surface area contributed by atoms with E-state index < -0.39 is 0 Å². The van der Waals surface area contributed by atoms with Gasteiger partial charge in [-0.3, -0.25) is 4.90 Å². The van der Waals surface area contributed by atoms with Crippen LogP contribution in [-0.4, -0.2) is 23.5 Å². The van der Waals surface area contributed by atoms with Gasteiger partial charge < -0.3 is 0 Å². The Labute approximate surface area is 114 Å². The molecule has 2 rings (SSSR count). The van der Waals surface area contributed by atoms with Gasteiger partial charge in [-0.2, -0.15) is 0 Å². The van der Waals surface area contributed by atoms with Crippen LogP contribution in [0.1, 0.15) is 74.1 Å².